The summed E-state index contributed by atoms with van der Waals surface area (Å²) in [7, 11) is 0. The third-order valence-electron chi connectivity index (χ3n) is 4.43. The first-order valence-corrected chi connectivity index (χ1v) is 8.17. The minimum absolute atomic E-state index is 0. The highest BCUT2D eigenvalue weighted by molar-refractivity contribution is 6.30. The van der Waals surface area contributed by atoms with Gasteiger partial charge in [-0.15, -0.1) is 12.4 Å². The molecule has 0 saturated carbocycles. The lowest BCUT2D eigenvalue weighted by Crippen LogP contribution is -2.52. The summed E-state index contributed by atoms with van der Waals surface area (Å²) in [6.45, 7) is 6.33. The summed E-state index contributed by atoms with van der Waals surface area (Å²) >= 11 is 6.03. The molecule has 1 amide bonds. The minimum Gasteiger partial charge on any atom is -0.345 e. The average Bonchev–Trinajstić information content (AvgIpc) is 2.94. The van der Waals surface area contributed by atoms with Crippen LogP contribution in [0.25, 0.3) is 5.69 Å². The van der Waals surface area contributed by atoms with Crippen molar-refractivity contribution in [3.63, 3.8) is 0 Å². The summed E-state index contributed by atoms with van der Waals surface area (Å²) in [4.78, 5) is 12.6. The molecule has 1 heterocycles. The minimum atomic E-state index is -0.373. The molecule has 0 saturated heterocycles. The molecule has 0 aliphatic carbocycles. The van der Waals surface area contributed by atoms with Crippen molar-refractivity contribution in [3.05, 3.63) is 46.7 Å². The molecule has 2 rings (SSSR count). The molecule has 1 aromatic heterocycles. The van der Waals surface area contributed by atoms with Gasteiger partial charge in [0, 0.05) is 11.6 Å². The third kappa shape index (κ3) is 4.09. The molecule has 5 nitrogen and oxygen atoms in total. The van der Waals surface area contributed by atoms with Crippen LogP contribution in [-0.2, 0) is 0 Å². The van der Waals surface area contributed by atoms with Gasteiger partial charge >= 0.3 is 0 Å². The Bertz CT molecular complexity index is 687. The molecule has 1 aromatic carbocycles. The second-order valence-electron chi connectivity index (χ2n) is 5.68. The van der Waals surface area contributed by atoms with Gasteiger partial charge < -0.3 is 11.1 Å². The summed E-state index contributed by atoms with van der Waals surface area (Å²) in [5.74, 6) is -0.148. The Morgan fingerprint density at radius 2 is 2.04 bits per heavy atom. The molecule has 2 aromatic rings. The Morgan fingerprint density at radius 3 is 2.58 bits per heavy atom. The molecule has 132 valence electrons. The smallest absolute Gasteiger partial charge is 0.255 e. The molecular formula is C17H24Cl2N4O. The number of nitrogens with one attached hydrogen (secondary N) is 1. The Morgan fingerprint density at radius 1 is 1.38 bits per heavy atom. The SMILES string of the molecule is CCC(CC)(CN)NC(=O)c1cnn(-c2cccc(Cl)c2)c1C.Cl. The van der Waals surface area contributed by atoms with Gasteiger partial charge in [-0.1, -0.05) is 31.5 Å². The molecular weight excluding hydrogens is 347 g/mol. The van der Waals surface area contributed by atoms with Crippen LogP contribution >= 0.6 is 24.0 Å². The molecule has 0 bridgehead atoms. The highest BCUT2D eigenvalue weighted by Crippen LogP contribution is 2.19. The number of carbonyl (C=O) groups excluding carboxylic acids is 1. The maximum atomic E-state index is 12.6. The van der Waals surface area contributed by atoms with Gasteiger partial charge in [-0.2, -0.15) is 5.10 Å². The van der Waals surface area contributed by atoms with E-state index in [9.17, 15) is 4.79 Å². The van der Waals surface area contributed by atoms with E-state index in [1.807, 2.05) is 39.0 Å². The van der Waals surface area contributed by atoms with Crippen LogP contribution in [0.15, 0.2) is 30.5 Å². The molecule has 0 unspecified atom stereocenters. The molecule has 0 aliphatic heterocycles. The van der Waals surface area contributed by atoms with Crippen LogP contribution in [0, 0.1) is 6.92 Å². The topological polar surface area (TPSA) is 72.9 Å². The summed E-state index contributed by atoms with van der Waals surface area (Å²) < 4.78 is 1.71. The largest absolute Gasteiger partial charge is 0.345 e. The summed E-state index contributed by atoms with van der Waals surface area (Å²) in [5, 5.41) is 8.02. The first kappa shape index (κ1) is 20.5. The second-order valence-corrected chi connectivity index (χ2v) is 6.12. The lowest BCUT2D eigenvalue weighted by molar-refractivity contribution is 0.0894. The number of nitrogens with zero attached hydrogens (tertiary/aromatic N) is 2. The monoisotopic (exact) mass is 370 g/mol. The maximum Gasteiger partial charge on any atom is 0.255 e. The first-order valence-electron chi connectivity index (χ1n) is 7.79. The van der Waals surface area contributed by atoms with Gasteiger partial charge in [-0.05, 0) is 38.0 Å². The fourth-order valence-corrected chi connectivity index (χ4v) is 2.76. The van der Waals surface area contributed by atoms with E-state index in [2.05, 4.69) is 10.4 Å². The quantitative estimate of drug-likeness (QED) is 0.816. The van der Waals surface area contributed by atoms with E-state index in [0.717, 1.165) is 24.2 Å². The van der Waals surface area contributed by atoms with Gasteiger partial charge in [0.25, 0.3) is 5.91 Å². The predicted octanol–water partition coefficient (Wildman–Crippen LogP) is 3.50. The van der Waals surface area contributed by atoms with Crippen molar-refractivity contribution in [1.82, 2.24) is 15.1 Å². The molecule has 0 atom stereocenters. The number of rotatable bonds is 6. The zero-order valence-corrected chi connectivity index (χ0v) is 15.7. The van der Waals surface area contributed by atoms with Crippen molar-refractivity contribution in [2.24, 2.45) is 5.73 Å². The van der Waals surface area contributed by atoms with Crippen molar-refractivity contribution >= 4 is 29.9 Å². The fourth-order valence-electron chi connectivity index (χ4n) is 2.58. The molecule has 0 fully saturated rings. The van der Waals surface area contributed by atoms with Crippen molar-refractivity contribution in [1.29, 1.82) is 0 Å². The number of carbonyl (C=O) groups is 1. The second kappa shape index (κ2) is 8.51. The van der Waals surface area contributed by atoms with Gasteiger partial charge in [0.05, 0.1) is 28.7 Å². The van der Waals surface area contributed by atoms with E-state index in [0.29, 0.717) is 17.1 Å². The van der Waals surface area contributed by atoms with Crippen LogP contribution in [0.5, 0.6) is 0 Å². The normalized spacial score (nSPS) is 11.0. The summed E-state index contributed by atoms with van der Waals surface area (Å²) in [6.07, 6.45) is 3.15. The van der Waals surface area contributed by atoms with E-state index >= 15 is 0 Å². The molecule has 24 heavy (non-hydrogen) atoms. The Hall–Kier alpha value is -1.56. The number of benzene rings is 1. The third-order valence-corrected chi connectivity index (χ3v) is 4.67. The van der Waals surface area contributed by atoms with Gasteiger partial charge in [0.2, 0.25) is 0 Å². The summed E-state index contributed by atoms with van der Waals surface area (Å²) in [6, 6.07) is 7.36. The molecule has 0 radical (unpaired) electrons. The van der Waals surface area contributed by atoms with Gasteiger partial charge in [0.1, 0.15) is 0 Å². The van der Waals surface area contributed by atoms with Crippen molar-refractivity contribution in [3.8, 4) is 5.69 Å². The molecule has 0 spiro atoms. The van der Waals surface area contributed by atoms with Crippen LogP contribution in [-0.4, -0.2) is 27.8 Å². The van der Waals surface area contributed by atoms with Crippen LogP contribution in [0.1, 0.15) is 42.7 Å². The highest BCUT2D eigenvalue weighted by atomic mass is 35.5. The van der Waals surface area contributed by atoms with E-state index in [4.69, 9.17) is 17.3 Å². The van der Waals surface area contributed by atoms with Gasteiger partial charge in [-0.3, -0.25) is 4.79 Å². The Labute approximate surface area is 154 Å². The maximum absolute atomic E-state index is 12.6. The van der Waals surface area contributed by atoms with Gasteiger partial charge in [-0.25, -0.2) is 4.68 Å². The number of aromatic nitrogens is 2. The lowest BCUT2D eigenvalue weighted by Gasteiger charge is -2.31. The van der Waals surface area contributed by atoms with Gasteiger partial charge in [0.15, 0.2) is 0 Å². The van der Waals surface area contributed by atoms with Crippen LogP contribution < -0.4 is 11.1 Å². The summed E-state index contributed by atoms with van der Waals surface area (Å²) in [5.41, 5.74) is 7.62. The van der Waals surface area contributed by atoms with Crippen molar-refractivity contribution in [2.75, 3.05) is 6.54 Å². The fraction of sp³-hybridized carbons (Fsp3) is 0.412. The van der Waals surface area contributed by atoms with Crippen LogP contribution in [0.2, 0.25) is 5.02 Å². The molecule has 3 N–H and O–H groups in total. The standard InChI is InChI=1S/C17H23ClN4O.ClH/c1-4-17(5-2,11-19)21-16(23)15-10-20-22(12(15)3)14-8-6-7-13(18)9-14;/h6-10H,4-5,11,19H2,1-3H3,(H,21,23);1H. The van der Waals surface area contributed by atoms with Crippen LogP contribution in [0.3, 0.4) is 0 Å². The number of amides is 1. The van der Waals surface area contributed by atoms with E-state index in [1.54, 1.807) is 16.9 Å². The lowest BCUT2D eigenvalue weighted by atomic mass is 9.92. The van der Waals surface area contributed by atoms with Crippen LogP contribution in [0.4, 0.5) is 0 Å². The van der Waals surface area contributed by atoms with Crippen molar-refractivity contribution < 1.29 is 4.79 Å². The number of hydrogen-bond donors (Lipinski definition) is 2. The molecule has 0 aliphatic rings. The highest BCUT2D eigenvalue weighted by Gasteiger charge is 2.28. The zero-order valence-electron chi connectivity index (χ0n) is 14.2. The van der Waals surface area contributed by atoms with E-state index < -0.39 is 0 Å². The van der Waals surface area contributed by atoms with E-state index in [1.165, 1.54) is 0 Å². The number of halogens is 2. The number of hydrogen-bond acceptors (Lipinski definition) is 3. The first-order chi connectivity index (χ1) is 11.0. The molecule has 7 heteroatoms. The van der Waals surface area contributed by atoms with Crippen molar-refractivity contribution in [2.45, 2.75) is 39.2 Å². The number of nitrogens with two attached hydrogens (primary N) is 1. The Balaban J connectivity index is 0.00000288. The predicted molar refractivity (Wildman–Crippen MR) is 100 cm³/mol. The Kier molecular flexibility index (Phi) is 7.27. The zero-order chi connectivity index (χ0) is 17.0. The van der Waals surface area contributed by atoms with E-state index in [-0.39, 0.29) is 23.9 Å². The average molecular weight is 371 g/mol.